The second kappa shape index (κ2) is 15.5. The third kappa shape index (κ3) is 8.87. The number of aliphatic hydroxyl groups is 5. The van der Waals surface area contributed by atoms with Gasteiger partial charge in [0.25, 0.3) is 5.91 Å². The van der Waals surface area contributed by atoms with Crippen molar-refractivity contribution in [2.24, 2.45) is 5.92 Å². The first-order valence-corrected chi connectivity index (χ1v) is 11.9. The Hall–Kier alpha value is -2.25. The van der Waals surface area contributed by atoms with E-state index in [4.69, 9.17) is 5.11 Å². The van der Waals surface area contributed by atoms with Crippen LogP contribution in [0.1, 0.15) is 39.5 Å². The highest BCUT2D eigenvalue weighted by Gasteiger charge is 2.67. The molecule has 3 amide bonds. The number of aliphatic carboxylic acids is 1. The Labute approximate surface area is 228 Å². The highest BCUT2D eigenvalue weighted by Crippen LogP contribution is 2.43. The van der Waals surface area contributed by atoms with E-state index < -0.39 is 90.6 Å². The zero-order valence-corrected chi connectivity index (χ0v) is 22.2. The maximum atomic E-state index is 14.8. The molecule has 15 nitrogen and oxygen atoms in total. The summed E-state index contributed by atoms with van der Waals surface area (Å²) in [6.45, 7) is 1.40. The minimum atomic E-state index is -4.59. The molecule has 0 saturated heterocycles. The van der Waals surface area contributed by atoms with Gasteiger partial charge in [-0.15, -0.1) is 0 Å². The fourth-order valence-corrected chi connectivity index (χ4v) is 3.96. The molecule has 1 rings (SSSR count). The average Bonchev–Trinajstić information content (AvgIpc) is 2.86. The van der Waals surface area contributed by atoms with Crippen LogP contribution in [0.5, 0.6) is 0 Å². The normalized spacial score (nSPS) is 27.3. The van der Waals surface area contributed by atoms with Crippen molar-refractivity contribution in [1.82, 2.24) is 21.4 Å². The summed E-state index contributed by atoms with van der Waals surface area (Å²) >= 11 is 0. The van der Waals surface area contributed by atoms with Crippen LogP contribution in [0, 0.1) is 5.92 Å². The molecule has 0 aromatic rings. The molecule has 1 aliphatic rings. The lowest BCUT2D eigenvalue weighted by molar-refractivity contribution is -0.449. The molecular formula is C21H38ClF2N5O10. The van der Waals surface area contributed by atoms with Gasteiger partial charge in [0.1, 0.15) is 30.3 Å². The number of nitrogens with one attached hydrogen (secondary N) is 4. The number of amides is 3. The van der Waals surface area contributed by atoms with Crippen LogP contribution in [-0.4, -0.2) is 115 Å². The maximum absolute atomic E-state index is 14.8. The van der Waals surface area contributed by atoms with Gasteiger partial charge in [-0.25, -0.2) is 0 Å². The molecule has 0 heterocycles. The highest BCUT2D eigenvalue weighted by atomic mass is 35.5. The summed E-state index contributed by atoms with van der Waals surface area (Å²) < 4.78 is 29.6. The zero-order chi connectivity index (χ0) is 29.4. The number of aliphatic hydroxyl groups excluding tert-OH is 4. The Bertz CT molecular complexity index is 858. The van der Waals surface area contributed by atoms with Gasteiger partial charge in [-0.1, -0.05) is 0 Å². The van der Waals surface area contributed by atoms with Gasteiger partial charge in [-0.3, -0.25) is 25.0 Å². The largest absolute Gasteiger partial charge is 1.00 e. The number of carboxylic acid groups (broad SMARTS) is 1. The Morgan fingerprint density at radius 1 is 1.03 bits per heavy atom. The SMILES string of the molecule is C[C@H](NC(=O)[C@H](C)NC(=O)[C@H](CCCCNC(=O)C(F)(F)C1(O)C[C@H](CO)[C@H](O)[C@H](O)[C@H]1O)N[NH3+])C(=O)O.[Cl-]. The highest BCUT2D eigenvalue weighted by molar-refractivity contribution is 5.91. The molecule has 1 aliphatic carbocycles. The predicted octanol–water partition coefficient (Wildman–Crippen LogP) is -8.05. The van der Waals surface area contributed by atoms with Crippen molar-refractivity contribution in [1.29, 1.82) is 0 Å². The van der Waals surface area contributed by atoms with Gasteiger partial charge < -0.3 is 59.0 Å². The van der Waals surface area contributed by atoms with Crippen molar-refractivity contribution >= 4 is 23.7 Å². The fraction of sp³-hybridized carbons (Fsp3) is 0.810. The van der Waals surface area contributed by atoms with Gasteiger partial charge in [0.15, 0.2) is 5.60 Å². The van der Waals surface area contributed by atoms with Crippen LogP contribution in [0.3, 0.4) is 0 Å². The van der Waals surface area contributed by atoms with Gasteiger partial charge in [0.2, 0.25) is 11.8 Å². The van der Waals surface area contributed by atoms with E-state index in [0.29, 0.717) is 0 Å². The van der Waals surface area contributed by atoms with Crippen LogP contribution < -0.4 is 39.6 Å². The Morgan fingerprint density at radius 3 is 2.10 bits per heavy atom. The van der Waals surface area contributed by atoms with E-state index in [-0.39, 0.29) is 38.2 Å². The standard InChI is InChI=1S/C21H37F2N5O10.ClH/c1-9(16(33)27-10(2)18(35)36)26-17(34)12(28-24)5-3-4-6-25-19(37)21(22,23)20(38)7-11(8-29)13(30)14(31)15(20)32;/h9-15,28-32,38H,3-8,24H2,1-2H3,(H,25,37)(H,26,34)(H,27,33)(H,35,36);1H/t9-,10-,11+,12-,13-,14-,15+,20?;/m0./s1. The number of quaternary nitrogens is 1. The third-order valence-electron chi connectivity index (χ3n) is 6.53. The Kier molecular flexibility index (Phi) is 14.6. The lowest BCUT2D eigenvalue weighted by Crippen LogP contribution is -3.00. The molecule has 0 aromatic carbocycles. The monoisotopic (exact) mass is 593 g/mol. The van der Waals surface area contributed by atoms with Crippen molar-refractivity contribution in [3.05, 3.63) is 0 Å². The van der Waals surface area contributed by atoms with Crippen molar-refractivity contribution in [2.75, 3.05) is 13.2 Å². The topological polar surface area (TPSA) is 265 Å². The van der Waals surface area contributed by atoms with E-state index in [9.17, 15) is 53.5 Å². The molecule has 0 spiro atoms. The summed E-state index contributed by atoms with van der Waals surface area (Å²) in [6.07, 6.45) is -7.20. The Morgan fingerprint density at radius 2 is 1.59 bits per heavy atom. The first-order chi connectivity index (χ1) is 17.5. The van der Waals surface area contributed by atoms with Crippen LogP contribution in [0.2, 0.25) is 0 Å². The Balaban J connectivity index is 0.0000144. The minimum Gasteiger partial charge on any atom is -1.00 e. The second-order valence-electron chi connectivity index (χ2n) is 9.38. The van der Waals surface area contributed by atoms with Gasteiger partial charge in [0.05, 0.1) is 6.10 Å². The van der Waals surface area contributed by atoms with Crippen molar-refractivity contribution < 1.29 is 76.8 Å². The molecule has 1 fully saturated rings. The number of hydrogen-bond acceptors (Lipinski definition) is 10. The minimum absolute atomic E-state index is 0. The van der Waals surface area contributed by atoms with Crippen molar-refractivity contribution in [3.8, 4) is 0 Å². The molecular weight excluding hydrogens is 556 g/mol. The zero-order valence-electron chi connectivity index (χ0n) is 21.4. The second-order valence-corrected chi connectivity index (χ2v) is 9.38. The van der Waals surface area contributed by atoms with Crippen LogP contribution in [0.4, 0.5) is 8.78 Å². The molecule has 228 valence electrons. The first-order valence-electron chi connectivity index (χ1n) is 11.9. The van der Waals surface area contributed by atoms with Crippen LogP contribution in [-0.2, 0) is 19.2 Å². The number of carbonyl (C=O) groups excluding carboxylic acids is 3. The lowest BCUT2D eigenvalue weighted by atomic mass is 9.69. The van der Waals surface area contributed by atoms with Crippen LogP contribution in [0.25, 0.3) is 0 Å². The fourth-order valence-electron chi connectivity index (χ4n) is 3.96. The number of halogens is 3. The summed E-state index contributed by atoms with van der Waals surface area (Å²) in [5.41, 5.74) is -0.970. The summed E-state index contributed by atoms with van der Waals surface area (Å²) in [5, 5.41) is 64.6. The number of carbonyl (C=O) groups is 4. The molecule has 0 bridgehead atoms. The van der Waals surface area contributed by atoms with Gasteiger partial charge >= 0.3 is 11.9 Å². The van der Waals surface area contributed by atoms with Gasteiger partial charge in [0, 0.05) is 19.1 Å². The molecule has 0 aliphatic heterocycles. The number of rotatable bonds is 14. The van der Waals surface area contributed by atoms with E-state index in [0.717, 1.165) is 0 Å². The quantitative estimate of drug-likeness (QED) is 0.0665. The molecule has 8 atom stereocenters. The molecule has 18 heteroatoms. The summed E-state index contributed by atoms with van der Waals surface area (Å²) in [6, 6.07) is -3.13. The van der Waals surface area contributed by atoms with Gasteiger partial charge in [-0.05, 0) is 39.5 Å². The van der Waals surface area contributed by atoms with E-state index >= 15 is 0 Å². The molecule has 0 radical (unpaired) electrons. The summed E-state index contributed by atoms with van der Waals surface area (Å²) in [7, 11) is 0. The van der Waals surface area contributed by atoms with Crippen molar-refractivity contribution in [2.45, 2.75) is 87.5 Å². The molecule has 1 unspecified atom stereocenters. The smallest absolute Gasteiger partial charge is 0.355 e. The lowest BCUT2D eigenvalue weighted by Gasteiger charge is -2.47. The average molecular weight is 594 g/mol. The maximum Gasteiger partial charge on any atom is 0.355 e. The van der Waals surface area contributed by atoms with E-state index in [1.54, 1.807) is 0 Å². The predicted molar refractivity (Wildman–Crippen MR) is 123 cm³/mol. The molecule has 1 saturated carbocycles. The van der Waals surface area contributed by atoms with E-state index in [1.165, 1.54) is 13.8 Å². The van der Waals surface area contributed by atoms with Gasteiger partial charge in [-0.2, -0.15) is 14.2 Å². The third-order valence-corrected chi connectivity index (χ3v) is 6.53. The van der Waals surface area contributed by atoms with E-state index in [1.807, 2.05) is 5.32 Å². The first kappa shape index (κ1) is 36.8. The number of hydrogen-bond donors (Lipinski definition) is 11. The number of alkyl halides is 2. The number of unbranched alkanes of at least 4 members (excludes halogenated alkanes) is 1. The summed E-state index contributed by atoms with van der Waals surface area (Å²) in [5.74, 6) is -7.14. The summed E-state index contributed by atoms with van der Waals surface area (Å²) in [4.78, 5) is 47.3. The molecule has 0 aromatic heterocycles. The molecule has 13 N–H and O–H groups in total. The van der Waals surface area contributed by atoms with Crippen LogP contribution >= 0.6 is 0 Å². The van der Waals surface area contributed by atoms with Crippen molar-refractivity contribution in [3.63, 3.8) is 0 Å². The van der Waals surface area contributed by atoms with E-state index in [2.05, 4.69) is 21.9 Å². The molecule has 39 heavy (non-hydrogen) atoms. The number of carboxylic acids is 1. The van der Waals surface area contributed by atoms with Crippen LogP contribution in [0.15, 0.2) is 0 Å².